The predicted molar refractivity (Wildman–Crippen MR) is 48.1 cm³/mol. The van der Waals surface area contributed by atoms with E-state index in [9.17, 15) is 4.79 Å². The summed E-state index contributed by atoms with van der Waals surface area (Å²) >= 11 is 0. The molecule has 0 bridgehead atoms. The highest BCUT2D eigenvalue weighted by molar-refractivity contribution is 5.96. The summed E-state index contributed by atoms with van der Waals surface area (Å²) in [5.74, 6) is 0.108. The number of anilines is 1. The van der Waals surface area contributed by atoms with Crippen LogP contribution in [0.15, 0.2) is 6.33 Å². The van der Waals surface area contributed by atoms with Gasteiger partial charge in [0.15, 0.2) is 5.82 Å². The number of H-pyrrole nitrogens is 1. The van der Waals surface area contributed by atoms with E-state index >= 15 is 0 Å². The number of aromatic amines is 1. The molecule has 0 unspecified atom stereocenters. The summed E-state index contributed by atoms with van der Waals surface area (Å²) in [4.78, 5) is 17.9. The molecule has 0 atom stereocenters. The molecule has 4 N–H and O–H groups in total. The average Bonchev–Trinajstić information content (AvgIpc) is 2.43. The van der Waals surface area contributed by atoms with Gasteiger partial charge in [0.05, 0.1) is 6.33 Å². The number of hydrogen-bond donors (Lipinski definition) is 3. The Balaban J connectivity index is 2.00. The van der Waals surface area contributed by atoms with E-state index < -0.39 is 0 Å². The van der Waals surface area contributed by atoms with Gasteiger partial charge in [-0.25, -0.2) is 4.98 Å². The average molecular weight is 180 g/mol. The van der Waals surface area contributed by atoms with Gasteiger partial charge < -0.3 is 16.0 Å². The number of nitrogens with one attached hydrogen (secondary N) is 2. The summed E-state index contributed by atoms with van der Waals surface area (Å²) in [7, 11) is 0. The van der Waals surface area contributed by atoms with Gasteiger partial charge in [-0.15, -0.1) is 0 Å². The zero-order valence-corrected chi connectivity index (χ0v) is 7.21. The van der Waals surface area contributed by atoms with Crippen molar-refractivity contribution in [2.45, 2.75) is 25.3 Å². The molecule has 70 valence electrons. The molecule has 0 saturated heterocycles. The second kappa shape index (κ2) is 3.08. The van der Waals surface area contributed by atoms with Crippen molar-refractivity contribution in [3.05, 3.63) is 12.0 Å². The standard InChI is InChI=1S/C8H12N4O/c9-7-6(10-4-11-7)8(13)12-5-2-1-3-5/h4-5H,1-3,9H2,(H,10,11)(H,12,13). The van der Waals surface area contributed by atoms with Gasteiger partial charge in [-0.3, -0.25) is 4.79 Å². The van der Waals surface area contributed by atoms with Crippen LogP contribution in [-0.4, -0.2) is 21.9 Å². The molecule has 1 aliphatic rings. The molecule has 1 aromatic heterocycles. The number of nitrogens with two attached hydrogens (primary N) is 1. The first-order chi connectivity index (χ1) is 6.27. The Morgan fingerprint density at radius 1 is 1.69 bits per heavy atom. The maximum atomic E-state index is 11.5. The number of carbonyl (C=O) groups excluding carboxylic acids is 1. The van der Waals surface area contributed by atoms with Crippen LogP contribution < -0.4 is 11.1 Å². The molecule has 5 heteroatoms. The molecule has 0 radical (unpaired) electrons. The van der Waals surface area contributed by atoms with Gasteiger partial charge in [-0.2, -0.15) is 0 Å². The first-order valence-corrected chi connectivity index (χ1v) is 4.37. The van der Waals surface area contributed by atoms with Crippen LogP contribution in [0.5, 0.6) is 0 Å². The molecule has 0 aliphatic heterocycles. The summed E-state index contributed by atoms with van der Waals surface area (Å²) in [5, 5.41) is 2.87. The Kier molecular flexibility index (Phi) is 1.92. The Hall–Kier alpha value is -1.52. The lowest BCUT2D eigenvalue weighted by molar-refractivity contribution is 0.0913. The van der Waals surface area contributed by atoms with Crippen LogP contribution in [-0.2, 0) is 0 Å². The number of rotatable bonds is 2. The van der Waals surface area contributed by atoms with Gasteiger partial charge in [-0.1, -0.05) is 0 Å². The Bertz CT molecular complexity index is 316. The third-order valence-corrected chi connectivity index (χ3v) is 2.34. The highest BCUT2D eigenvalue weighted by atomic mass is 16.2. The molecule has 1 fully saturated rings. The molecule has 2 rings (SSSR count). The number of aromatic nitrogens is 2. The normalized spacial score (nSPS) is 16.6. The van der Waals surface area contributed by atoms with Crippen molar-refractivity contribution >= 4 is 11.7 Å². The molecule has 0 spiro atoms. The molecule has 13 heavy (non-hydrogen) atoms. The number of carbonyl (C=O) groups is 1. The highest BCUT2D eigenvalue weighted by Gasteiger charge is 2.21. The number of imidazole rings is 1. The minimum absolute atomic E-state index is 0.153. The predicted octanol–water partition coefficient (Wildman–Crippen LogP) is 0.274. The molecule has 1 aromatic rings. The van der Waals surface area contributed by atoms with Crippen LogP contribution in [0.25, 0.3) is 0 Å². The van der Waals surface area contributed by atoms with Gasteiger partial charge >= 0.3 is 0 Å². The van der Waals surface area contributed by atoms with E-state index in [4.69, 9.17) is 5.73 Å². The number of nitrogen functional groups attached to an aromatic ring is 1. The Morgan fingerprint density at radius 2 is 2.46 bits per heavy atom. The highest BCUT2D eigenvalue weighted by Crippen LogP contribution is 2.18. The lowest BCUT2D eigenvalue weighted by atomic mass is 9.93. The van der Waals surface area contributed by atoms with Crippen LogP contribution in [0.2, 0.25) is 0 Å². The van der Waals surface area contributed by atoms with E-state index in [0.29, 0.717) is 11.7 Å². The molecule has 1 heterocycles. The van der Waals surface area contributed by atoms with E-state index in [1.54, 1.807) is 0 Å². The molecular formula is C8H12N4O. The topological polar surface area (TPSA) is 83.8 Å². The van der Waals surface area contributed by atoms with Crippen molar-refractivity contribution in [1.29, 1.82) is 0 Å². The quantitative estimate of drug-likeness (QED) is 0.611. The van der Waals surface area contributed by atoms with Crippen molar-refractivity contribution in [2.75, 3.05) is 5.73 Å². The minimum Gasteiger partial charge on any atom is -0.382 e. The van der Waals surface area contributed by atoms with Crippen LogP contribution in [0, 0.1) is 0 Å². The van der Waals surface area contributed by atoms with Crippen LogP contribution in [0.3, 0.4) is 0 Å². The van der Waals surface area contributed by atoms with Gasteiger partial charge in [0, 0.05) is 6.04 Å². The lowest BCUT2D eigenvalue weighted by Gasteiger charge is -2.25. The largest absolute Gasteiger partial charge is 0.382 e. The van der Waals surface area contributed by atoms with Gasteiger partial charge in [-0.05, 0) is 19.3 Å². The van der Waals surface area contributed by atoms with Gasteiger partial charge in [0.1, 0.15) is 5.69 Å². The fourth-order valence-electron chi connectivity index (χ4n) is 1.30. The van der Waals surface area contributed by atoms with E-state index in [1.165, 1.54) is 12.7 Å². The Labute approximate surface area is 75.7 Å². The van der Waals surface area contributed by atoms with Crippen LogP contribution >= 0.6 is 0 Å². The summed E-state index contributed by atoms with van der Waals surface area (Å²) in [6, 6.07) is 0.329. The number of nitrogens with zero attached hydrogens (tertiary/aromatic N) is 1. The van der Waals surface area contributed by atoms with Gasteiger partial charge in [0.2, 0.25) is 0 Å². The summed E-state index contributed by atoms with van der Waals surface area (Å²) in [5.41, 5.74) is 5.84. The number of amides is 1. The fraction of sp³-hybridized carbons (Fsp3) is 0.500. The van der Waals surface area contributed by atoms with Crippen molar-refractivity contribution in [3.63, 3.8) is 0 Å². The van der Waals surface area contributed by atoms with Crippen LogP contribution in [0.1, 0.15) is 29.8 Å². The molecular weight excluding hydrogens is 168 g/mol. The molecule has 1 aliphatic carbocycles. The van der Waals surface area contributed by atoms with Crippen molar-refractivity contribution in [1.82, 2.24) is 15.3 Å². The number of hydrogen-bond acceptors (Lipinski definition) is 3. The van der Waals surface area contributed by atoms with Crippen LogP contribution in [0.4, 0.5) is 5.82 Å². The van der Waals surface area contributed by atoms with E-state index in [2.05, 4.69) is 15.3 Å². The Morgan fingerprint density at radius 3 is 2.92 bits per heavy atom. The first kappa shape index (κ1) is 8.10. The van der Waals surface area contributed by atoms with E-state index in [1.807, 2.05) is 0 Å². The summed E-state index contributed by atoms with van der Waals surface area (Å²) in [6.45, 7) is 0. The molecule has 1 saturated carbocycles. The summed E-state index contributed by atoms with van der Waals surface area (Å²) in [6.07, 6.45) is 4.76. The van der Waals surface area contributed by atoms with Gasteiger partial charge in [0.25, 0.3) is 5.91 Å². The second-order valence-electron chi connectivity index (χ2n) is 3.26. The zero-order valence-electron chi connectivity index (χ0n) is 7.21. The molecule has 0 aromatic carbocycles. The smallest absolute Gasteiger partial charge is 0.271 e. The lowest BCUT2D eigenvalue weighted by Crippen LogP contribution is -2.39. The first-order valence-electron chi connectivity index (χ1n) is 4.37. The third-order valence-electron chi connectivity index (χ3n) is 2.34. The summed E-state index contributed by atoms with van der Waals surface area (Å²) < 4.78 is 0. The van der Waals surface area contributed by atoms with Crippen molar-refractivity contribution in [2.24, 2.45) is 0 Å². The SMILES string of the molecule is Nc1nc[nH]c1C(=O)NC1CCC1. The minimum atomic E-state index is -0.153. The van der Waals surface area contributed by atoms with Crippen molar-refractivity contribution < 1.29 is 4.79 Å². The van der Waals surface area contributed by atoms with Crippen molar-refractivity contribution in [3.8, 4) is 0 Å². The molecule has 5 nitrogen and oxygen atoms in total. The zero-order chi connectivity index (χ0) is 9.26. The second-order valence-corrected chi connectivity index (χ2v) is 3.26. The third kappa shape index (κ3) is 1.49. The maximum absolute atomic E-state index is 11.5. The molecule has 1 amide bonds. The maximum Gasteiger partial charge on any atom is 0.271 e. The fourth-order valence-corrected chi connectivity index (χ4v) is 1.30. The van der Waals surface area contributed by atoms with E-state index in [0.717, 1.165) is 12.8 Å². The van der Waals surface area contributed by atoms with E-state index in [-0.39, 0.29) is 11.7 Å². The monoisotopic (exact) mass is 180 g/mol.